The molecule has 166 valence electrons. The van der Waals surface area contributed by atoms with Gasteiger partial charge in [0.2, 0.25) is 0 Å². The Kier molecular flexibility index (Phi) is 5.66. The van der Waals surface area contributed by atoms with Gasteiger partial charge in [-0.05, 0) is 54.9 Å². The molecule has 2 aliphatic heterocycles. The zero-order valence-electron chi connectivity index (χ0n) is 18.3. The molecule has 1 aromatic heterocycles. The molecular weight excluding hydrogens is 404 g/mol. The van der Waals surface area contributed by atoms with Gasteiger partial charge in [-0.1, -0.05) is 42.5 Å². The highest BCUT2D eigenvalue weighted by atomic mass is 16.5. The van der Waals surface area contributed by atoms with Crippen molar-refractivity contribution >= 4 is 5.91 Å². The summed E-state index contributed by atoms with van der Waals surface area (Å²) in [5.74, 6) is 1.18. The lowest BCUT2D eigenvalue weighted by atomic mass is 9.91. The first-order valence-electron chi connectivity index (χ1n) is 11.3. The SMILES string of the molecule is Cc1ccccc1-n1c(CC2CCN(C(=O)C3OCCc4ccccc43)CC2)n[nH]c1=O. The zero-order valence-corrected chi connectivity index (χ0v) is 18.3. The van der Waals surface area contributed by atoms with Gasteiger partial charge in [0.25, 0.3) is 5.91 Å². The molecule has 3 aromatic rings. The van der Waals surface area contributed by atoms with Crippen LogP contribution in [0.1, 0.15) is 41.5 Å². The van der Waals surface area contributed by atoms with Gasteiger partial charge >= 0.3 is 5.69 Å². The quantitative estimate of drug-likeness (QED) is 0.687. The van der Waals surface area contributed by atoms with Crippen LogP contribution < -0.4 is 5.69 Å². The van der Waals surface area contributed by atoms with E-state index in [1.807, 2.05) is 54.3 Å². The normalized spacial score (nSPS) is 19.0. The molecule has 32 heavy (non-hydrogen) atoms. The van der Waals surface area contributed by atoms with Crippen LogP contribution in [-0.2, 0) is 22.4 Å². The smallest absolute Gasteiger partial charge is 0.347 e. The van der Waals surface area contributed by atoms with Gasteiger partial charge in [0.05, 0.1) is 12.3 Å². The summed E-state index contributed by atoms with van der Waals surface area (Å²) in [5, 5.41) is 6.91. The molecular formula is C25H28N4O3. The van der Waals surface area contributed by atoms with Gasteiger partial charge in [0.15, 0.2) is 6.10 Å². The number of fused-ring (bicyclic) bond motifs is 1. The van der Waals surface area contributed by atoms with Crippen LogP contribution in [0.4, 0.5) is 0 Å². The fourth-order valence-electron chi connectivity index (χ4n) is 4.91. The number of ether oxygens (including phenoxy) is 1. The topological polar surface area (TPSA) is 80.2 Å². The number of benzene rings is 2. The van der Waals surface area contributed by atoms with Crippen LogP contribution in [0.2, 0.25) is 0 Å². The first kappa shape index (κ1) is 20.7. The number of H-pyrrole nitrogens is 1. The number of carbonyl (C=O) groups is 1. The molecule has 0 aliphatic carbocycles. The van der Waals surface area contributed by atoms with Crippen molar-refractivity contribution in [2.45, 2.75) is 38.7 Å². The van der Waals surface area contributed by atoms with Crippen molar-refractivity contribution in [2.24, 2.45) is 5.92 Å². The molecule has 1 saturated heterocycles. The highest BCUT2D eigenvalue weighted by Gasteiger charge is 2.33. The molecule has 2 aromatic carbocycles. The third kappa shape index (κ3) is 3.88. The van der Waals surface area contributed by atoms with Crippen LogP contribution in [0.25, 0.3) is 5.69 Å². The van der Waals surface area contributed by atoms with Gasteiger partial charge in [-0.25, -0.2) is 14.5 Å². The number of aryl methyl sites for hydroxylation is 1. The summed E-state index contributed by atoms with van der Waals surface area (Å²) in [6.07, 6.45) is 2.84. The summed E-state index contributed by atoms with van der Waals surface area (Å²) in [4.78, 5) is 27.6. The molecule has 0 bridgehead atoms. The van der Waals surface area contributed by atoms with E-state index in [4.69, 9.17) is 4.74 Å². The minimum absolute atomic E-state index is 0.0622. The number of aromatic nitrogens is 3. The number of carbonyl (C=O) groups excluding carboxylic acids is 1. The lowest BCUT2D eigenvalue weighted by Crippen LogP contribution is -2.43. The molecule has 7 nitrogen and oxygen atoms in total. The van der Waals surface area contributed by atoms with E-state index < -0.39 is 6.10 Å². The van der Waals surface area contributed by atoms with E-state index in [0.717, 1.165) is 41.9 Å². The fraction of sp³-hybridized carbons (Fsp3) is 0.400. The largest absolute Gasteiger partial charge is 0.363 e. The number of likely N-dealkylation sites (tertiary alicyclic amines) is 1. The van der Waals surface area contributed by atoms with E-state index in [1.54, 1.807) is 4.57 Å². The predicted octanol–water partition coefficient (Wildman–Crippen LogP) is 2.96. The van der Waals surface area contributed by atoms with E-state index >= 15 is 0 Å². The number of para-hydroxylation sites is 1. The Hall–Kier alpha value is -3.19. The Balaban J connectivity index is 1.26. The number of aromatic amines is 1. The highest BCUT2D eigenvalue weighted by molar-refractivity contribution is 5.83. The van der Waals surface area contributed by atoms with Crippen LogP contribution in [0.3, 0.4) is 0 Å². The third-order valence-electron chi connectivity index (χ3n) is 6.71. The van der Waals surface area contributed by atoms with E-state index in [2.05, 4.69) is 16.3 Å². The average molecular weight is 433 g/mol. The van der Waals surface area contributed by atoms with Crippen LogP contribution in [-0.4, -0.2) is 45.3 Å². The van der Waals surface area contributed by atoms with Crippen molar-refractivity contribution < 1.29 is 9.53 Å². The number of hydrogen-bond donors (Lipinski definition) is 1. The van der Waals surface area contributed by atoms with Crippen molar-refractivity contribution in [1.29, 1.82) is 0 Å². The van der Waals surface area contributed by atoms with E-state index in [-0.39, 0.29) is 11.6 Å². The van der Waals surface area contributed by atoms with Crippen molar-refractivity contribution in [3.8, 4) is 5.69 Å². The summed E-state index contributed by atoms with van der Waals surface area (Å²) >= 11 is 0. The Bertz CT molecular complexity index is 1170. The summed E-state index contributed by atoms with van der Waals surface area (Å²) in [7, 11) is 0. The number of amides is 1. The molecule has 0 spiro atoms. The minimum atomic E-state index is -0.492. The number of rotatable bonds is 4. The number of hydrogen-bond acceptors (Lipinski definition) is 4. The second-order valence-corrected chi connectivity index (χ2v) is 8.74. The van der Waals surface area contributed by atoms with Crippen LogP contribution in [0.5, 0.6) is 0 Å². The maximum atomic E-state index is 13.2. The first-order valence-corrected chi connectivity index (χ1v) is 11.3. The summed E-state index contributed by atoms with van der Waals surface area (Å²) < 4.78 is 7.56. The second kappa shape index (κ2) is 8.74. The zero-order chi connectivity index (χ0) is 22.1. The van der Waals surface area contributed by atoms with Gasteiger partial charge in [-0.2, -0.15) is 5.10 Å². The average Bonchev–Trinajstić information content (AvgIpc) is 3.18. The van der Waals surface area contributed by atoms with Gasteiger partial charge in [-0.15, -0.1) is 0 Å². The maximum absolute atomic E-state index is 13.2. The molecule has 1 amide bonds. The van der Waals surface area contributed by atoms with Gasteiger partial charge < -0.3 is 9.64 Å². The number of nitrogens with zero attached hydrogens (tertiary/aromatic N) is 3. The standard InChI is InChI=1S/C25H28N4O3/c1-17-6-2-5-9-21(17)29-22(26-27-25(29)31)16-18-10-13-28(14-11-18)24(30)23-20-8-4-3-7-19(20)12-15-32-23/h2-9,18,23H,10-16H2,1H3,(H,27,31). The molecule has 1 N–H and O–H groups in total. The molecule has 0 saturated carbocycles. The van der Waals surface area contributed by atoms with Crippen LogP contribution in [0.15, 0.2) is 53.3 Å². The number of nitrogens with one attached hydrogen (secondary N) is 1. The Labute approximate surface area is 187 Å². The molecule has 7 heteroatoms. The molecule has 5 rings (SSSR count). The monoisotopic (exact) mass is 432 g/mol. The lowest BCUT2D eigenvalue weighted by Gasteiger charge is -2.35. The summed E-state index contributed by atoms with van der Waals surface area (Å²) in [6, 6.07) is 15.9. The van der Waals surface area contributed by atoms with Crippen LogP contribution >= 0.6 is 0 Å². The molecule has 1 fully saturated rings. The summed E-state index contributed by atoms with van der Waals surface area (Å²) in [6.45, 7) is 3.97. The Morgan fingerprint density at radius 2 is 1.88 bits per heavy atom. The van der Waals surface area contributed by atoms with Crippen molar-refractivity contribution in [3.05, 3.63) is 81.5 Å². The van der Waals surface area contributed by atoms with E-state index in [9.17, 15) is 9.59 Å². The van der Waals surface area contributed by atoms with Gasteiger partial charge in [0.1, 0.15) is 5.82 Å². The molecule has 2 aliphatic rings. The molecule has 0 radical (unpaired) electrons. The summed E-state index contributed by atoms with van der Waals surface area (Å²) in [5.41, 5.74) is 3.90. The number of piperidine rings is 1. The van der Waals surface area contributed by atoms with Gasteiger partial charge in [0, 0.05) is 19.5 Å². The maximum Gasteiger partial charge on any atom is 0.347 e. The molecule has 1 unspecified atom stereocenters. The third-order valence-corrected chi connectivity index (χ3v) is 6.71. The van der Waals surface area contributed by atoms with Crippen molar-refractivity contribution in [3.63, 3.8) is 0 Å². The fourth-order valence-corrected chi connectivity index (χ4v) is 4.91. The van der Waals surface area contributed by atoms with Gasteiger partial charge in [-0.3, -0.25) is 4.79 Å². The lowest BCUT2D eigenvalue weighted by molar-refractivity contribution is -0.146. The Morgan fingerprint density at radius 3 is 2.69 bits per heavy atom. The van der Waals surface area contributed by atoms with Crippen molar-refractivity contribution in [2.75, 3.05) is 19.7 Å². The van der Waals surface area contributed by atoms with Crippen molar-refractivity contribution in [1.82, 2.24) is 19.7 Å². The van der Waals surface area contributed by atoms with Crippen LogP contribution in [0, 0.1) is 12.8 Å². The van der Waals surface area contributed by atoms with E-state index in [1.165, 1.54) is 5.56 Å². The van der Waals surface area contributed by atoms with E-state index in [0.29, 0.717) is 32.0 Å². The first-order chi connectivity index (χ1) is 15.6. The minimum Gasteiger partial charge on any atom is -0.363 e. The Morgan fingerprint density at radius 1 is 1.12 bits per heavy atom. The predicted molar refractivity (Wildman–Crippen MR) is 121 cm³/mol. The highest BCUT2D eigenvalue weighted by Crippen LogP contribution is 2.30. The second-order valence-electron chi connectivity index (χ2n) is 8.74. The molecule has 1 atom stereocenters. The molecule has 3 heterocycles.